The van der Waals surface area contributed by atoms with Crippen molar-refractivity contribution in [1.29, 1.82) is 0 Å². The summed E-state index contributed by atoms with van der Waals surface area (Å²) in [5.41, 5.74) is -3.01. The zero-order valence-electron chi connectivity index (χ0n) is 27.1. The second-order valence-electron chi connectivity index (χ2n) is 12.3. The van der Waals surface area contributed by atoms with Crippen molar-refractivity contribution in [2.75, 3.05) is 10.0 Å². The predicted molar refractivity (Wildman–Crippen MR) is 179 cm³/mol. The van der Waals surface area contributed by atoms with Crippen molar-refractivity contribution >= 4 is 46.7 Å². The highest BCUT2D eigenvalue weighted by molar-refractivity contribution is 7.92. The van der Waals surface area contributed by atoms with E-state index < -0.39 is 67.2 Å². The Kier molecular flexibility index (Phi) is 10.4. The minimum absolute atomic E-state index is 0.178. The normalized spacial score (nSPS) is 12.2. The summed E-state index contributed by atoms with van der Waals surface area (Å²) in [5, 5.41) is 4.89. The number of hydrogen-bond acceptors (Lipinski definition) is 7. The molecule has 1 aromatic heterocycles. The van der Waals surface area contributed by atoms with E-state index in [1.54, 1.807) is 27.7 Å². The van der Waals surface area contributed by atoms with Gasteiger partial charge in [0.05, 0.1) is 33.6 Å². The molecule has 0 bridgehead atoms. The maximum absolute atomic E-state index is 15.1. The standard InChI is InChI=1S/C33H32BF2N5O7S/c1-18-17-40(5)32(46)41(30(18)44)21-10-6-19(7-11-21)14-27(28(34)42)38-29(43)23-15-25(36)26(16-24(23)35)39-49(47,48)22-12-8-20(9-13-22)37-31(45)33(2,3)4/h6-13,15-17,27,39H,14H2,1-5H3,(H,37,45)(H,38,43)/t27-/m0/s1. The van der Waals surface area contributed by atoms with Crippen molar-refractivity contribution < 1.29 is 31.6 Å². The van der Waals surface area contributed by atoms with Crippen LogP contribution in [0.2, 0.25) is 0 Å². The van der Waals surface area contributed by atoms with Gasteiger partial charge in [-0.25, -0.2) is 26.6 Å². The molecule has 4 aromatic rings. The number of carbonyl (C=O) groups is 3. The Morgan fingerprint density at radius 2 is 1.55 bits per heavy atom. The lowest BCUT2D eigenvalue weighted by molar-refractivity contribution is -0.123. The topological polar surface area (TPSA) is 165 Å². The zero-order valence-corrected chi connectivity index (χ0v) is 27.9. The first kappa shape index (κ1) is 36.5. The third kappa shape index (κ3) is 8.38. The zero-order chi connectivity index (χ0) is 36.4. The molecular weight excluding hydrogens is 659 g/mol. The molecule has 0 fully saturated rings. The highest BCUT2D eigenvalue weighted by atomic mass is 32.2. The summed E-state index contributed by atoms with van der Waals surface area (Å²) in [6.45, 7) is 6.67. The average molecular weight is 692 g/mol. The SMILES string of the molecule is [B]C(=O)[C@H](Cc1ccc(-n2c(=O)c(C)cn(C)c2=O)cc1)NC(=O)c1cc(F)c(NS(=O)(=O)c2ccc(NC(=O)C(C)(C)C)cc2)cc1F. The summed E-state index contributed by atoms with van der Waals surface area (Å²) in [6.07, 6.45) is 1.23. The molecule has 0 spiro atoms. The summed E-state index contributed by atoms with van der Waals surface area (Å²) >= 11 is 0. The van der Waals surface area contributed by atoms with Gasteiger partial charge in [0, 0.05) is 36.0 Å². The van der Waals surface area contributed by atoms with Crippen molar-refractivity contribution in [3.63, 3.8) is 0 Å². The fourth-order valence-electron chi connectivity index (χ4n) is 4.56. The molecule has 0 saturated carbocycles. The molecule has 0 unspecified atom stereocenters. The summed E-state index contributed by atoms with van der Waals surface area (Å²) < 4.78 is 60.0. The first-order valence-corrected chi connectivity index (χ1v) is 16.2. The number of halogens is 2. The van der Waals surface area contributed by atoms with Gasteiger partial charge >= 0.3 is 5.69 Å². The Labute approximate surface area is 281 Å². The van der Waals surface area contributed by atoms with Crippen molar-refractivity contribution in [1.82, 2.24) is 14.5 Å². The first-order valence-electron chi connectivity index (χ1n) is 14.7. The van der Waals surface area contributed by atoms with Crippen LogP contribution in [0.15, 0.2) is 81.3 Å². The molecule has 2 amide bonds. The Morgan fingerprint density at radius 1 is 0.939 bits per heavy atom. The number of amides is 2. The van der Waals surface area contributed by atoms with Crippen LogP contribution in [0.4, 0.5) is 20.2 Å². The fraction of sp³-hybridized carbons (Fsp3) is 0.242. The molecular formula is C33H32BF2N5O7S. The summed E-state index contributed by atoms with van der Waals surface area (Å²) in [6, 6.07) is 10.5. The van der Waals surface area contributed by atoms with E-state index in [2.05, 4.69) is 10.6 Å². The van der Waals surface area contributed by atoms with Gasteiger partial charge in [-0.15, -0.1) is 0 Å². The van der Waals surface area contributed by atoms with Crippen LogP contribution in [0.25, 0.3) is 5.69 Å². The van der Waals surface area contributed by atoms with Gasteiger partial charge in [0.2, 0.25) is 5.91 Å². The van der Waals surface area contributed by atoms with E-state index in [4.69, 9.17) is 7.85 Å². The molecule has 254 valence electrons. The molecule has 0 aliphatic carbocycles. The van der Waals surface area contributed by atoms with E-state index in [9.17, 15) is 32.4 Å². The fourth-order valence-corrected chi connectivity index (χ4v) is 5.62. The van der Waals surface area contributed by atoms with Gasteiger partial charge in [0.25, 0.3) is 21.5 Å². The van der Waals surface area contributed by atoms with Crippen LogP contribution in [-0.4, -0.2) is 48.9 Å². The number of nitrogens with one attached hydrogen (secondary N) is 3. The Balaban J connectivity index is 1.48. The Morgan fingerprint density at radius 3 is 2.12 bits per heavy atom. The first-order chi connectivity index (χ1) is 22.8. The monoisotopic (exact) mass is 691 g/mol. The molecule has 0 aliphatic heterocycles. The molecule has 12 nitrogen and oxygen atoms in total. The summed E-state index contributed by atoms with van der Waals surface area (Å²) in [5.74, 6) is -4.08. The highest BCUT2D eigenvalue weighted by Gasteiger charge is 2.25. The third-order valence-electron chi connectivity index (χ3n) is 7.35. The second-order valence-corrected chi connectivity index (χ2v) is 14.0. The van der Waals surface area contributed by atoms with Crippen LogP contribution in [0.5, 0.6) is 0 Å². The van der Waals surface area contributed by atoms with Crippen LogP contribution >= 0.6 is 0 Å². The number of rotatable bonds is 10. The number of aromatic nitrogens is 2. The summed E-state index contributed by atoms with van der Waals surface area (Å²) in [7, 11) is 2.54. The van der Waals surface area contributed by atoms with Crippen molar-refractivity contribution in [2.24, 2.45) is 12.5 Å². The second kappa shape index (κ2) is 14.0. The lowest BCUT2D eigenvalue weighted by Gasteiger charge is -2.18. The van der Waals surface area contributed by atoms with E-state index in [1.165, 1.54) is 54.2 Å². The summed E-state index contributed by atoms with van der Waals surface area (Å²) in [4.78, 5) is 62.1. The maximum Gasteiger partial charge on any atom is 0.335 e. The van der Waals surface area contributed by atoms with Gasteiger partial charge in [-0.2, -0.15) is 0 Å². The predicted octanol–water partition coefficient (Wildman–Crippen LogP) is 2.94. The average Bonchev–Trinajstić information content (AvgIpc) is 3.01. The lowest BCUT2D eigenvalue weighted by atomic mass is 9.90. The van der Waals surface area contributed by atoms with Crippen LogP contribution in [0.1, 0.15) is 42.3 Å². The van der Waals surface area contributed by atoms with Crippen LogP contribution in [-0.2, 0) is 33.1 Å². The van der Waals surface area contributed by atoms with Gasteiger partial charge in [0.1, 0.15) is 11.6 Å². The molecule has 3 N–H and O–H groups in total. The highest BCUT2D eigenvalue weighted by Crippen LogP contribution is 2.25. The maximum atomic E-state index is 15.1. The number of benzene rings is 3. The van der Waals surface area contributed by atoms with E-state index in [1.807, 2.05) is 4.72 Å². The minimum atomic E-state index is -4.42. The van der Waals surface area contributed by atoms with Gasteiger partial charge < -0.3 is 20.0 Å². The molecule has 1 atom stereocenters. The number of carbonyl (C=O) groups excluding carboxylic acids is 3. The smallest absolute Gasteiger partial charge is 0.335 e. The number of hydrogen-bond donors (Lipinski definition) is 3. The van der Waals surface area contributed by atoms with E-state index in [0.717, 1.165) is 16.7 Å². The van der Waals surface area contributed by atoms with Gasteiger partial charge in [-0.1, -0.05) is 32.9 Å². The van der Waals surface area contributed by atoms with E-state index in [-0.39, 0.29) is 22.9 Å². The lowest BCUT2D eigenvalue weighted by Crippen LogP contribution is -2.43. The molecule has 4 rings (SSSR count). The van der Waals surface area contributed by atoms with Crippen molar-refractivity contribution in [3.8, 4) is 5.69 Å². The number of aryl methyl sites for hydroxylation is 2. The molecule has 2 radical (unpaired) electrons. The van der Waals surface area contributed by atoms with Crippen LogP contribution in [0, 0.1) is 24.0 Å². The minimum Gasteiger partial charge on any atom is -0.343 e. The van der Waals surface area contributed by atoms with Gasteiger partial charge in [-0.3, -0.25) is 19.1 Å². The van der Waals surface area contributed by atoms with Crippen LogP contribution < -0.4 is 26.6 Å². The Hall–Kier alpha value is -5.38. The number of nitrogens with zero attached hydrogens (tertiary/aromatic N) is 2. The van der Waals surface area contributed by atoms with Crippen molar-refractivity contribution in [2.45, 2.75) is 45.1 Å². The molecule has 49 heavy (non-hydrogen) atoms. The number of sulfonamides is 1. The number of anilines is 2. The van der Waals surface area contributed by atoms with E-state index in [0.29, 0.717) is 28.9 Å². The molecule has 1 heterocycles. The molecule has 16 heteroatoms. The van der Waals surface area contributed by atoms with E-state index >= 15 is 8.78 Å². The van der Waals surface area contributed by atoms with Gasteiger partial charge in [-0.05, 0) is 61.4 Å². The molecule has 0 aliphatic rings. The molecule has 3 aromatic carbocycles. The Bertz CT molecular complexity index is 2140. The van der Waals surface area contributed by atoms with Gasteiger partial charge in [0.15, 0.2) is 7.85 Å². The van der Waals surface area contributed by atoms with Crippen LogP contribution in [0.3, 0.4) is 0 Å². The largest absolute Gasteiger partial charge is 0.343 e. The third-order valence-corrected chi connectivity index (χ3v) is 8.73. The molecule has 0 saturated heterocycles. The van der Waals surface area contributed by atoms with Crippen molar-refractivity contribution in [3.05, 3.63) is 116 Å². The quantitative estimate of drug-likeness (QED) is 0.215.